The first-order valence-electron chi connectivity index (χ1n) is 5.79. The maximum atomic E-state index is 12.1. The van der Waals surface area contributed by atoms with Crippen molar-refractivity contribution in [3.05, 3.63) is 21.4 Å². The molecule has 0 aliphatic rings. The molecule has 3 nitrogen and oxygen atoms in total. The number of aliphatic hydroxyl groups is 1. The van der Waals surface area contributed by atoms with E-state index in [0.717, 1.165) is 23.3 Å². The molecule has 1 heterocycles. The van der Waals surface area contributed by atoms with Gasteiger partial charge >= 0.3 is 0 Å². The predicted octanol–water partition coefficient (Wildman–Crippen LogP) is 2.36. The normalized spacial score (nSPS) is 12.8. The lowest BCUT2D eigenvalue weighted by atomic mass is 10.1. The van der Waals surface area contributed by atoms with Gasteiger partial charge in [0.2, 0.25) is 0 Å². The van der Waals surface area contributed by atoms with Gasteiger partial charge in [0, 0.05) is 11.4 Å². The Bertz CT molecular complexity index is 407. The number of carbonyl (C=O) groups is 1. The third kappa shape index (κ3) is 4.03. The zero-order valence-corrected chi connectivity index (χ0v) is 11.2. The Hall–Kier alpha value is -1.01. The Labute approximate surface area is 109 Å². The van der Waals surface area contributed by atoms with E-state index < -0.39 is 25.0 Å². The Morgan fingerprint density at radius 1 is 1.56 bits per heavy atom. The molecule has 0 aliphatic heterocycles. The summed E-state index contributed by atoms with van der Waals surface area (Å²) in [5.41, 5.74) is 1.11. The molecule has 0 fully saturated rings. The fourth-order valence-electron chi connectivity index (χ4n) is 1.52. The topological polar surface area (TPSA) is 49.3 Å². The van der Waals surface area contributed by atoms with Gasteiger partial charge in [0.05, 0.1) is 4.88 Å². The van der Waals surface area contributed by atoms with Crippen molar-refractivity contribution in [1.29, 1.82) is 0 Å². The van der Waals surface area contributed by atoms with Crippen molar-refractivity contribution < 1.29 is 18.7 Å². The SMILES string of the molecule is CCCc1cc(C(=O)NCC(O)C(F)F)sc1C. The number of aliphatic hydroxyl groups excluding tert-OH is 1. The van der Waals surface area contributed by atoms with E-state index in [9.17, 15) is 13.6 Å². The summed E-state index contributed by atoms with van der Waals surface area (Å²) in [6.45, 7) is 3.55. The average Bonchev–Trinajstić information content (AvgIpc) is 2.68. The van der Waals surface area contributed by atoms with Gasteiger partial charge in [-0.15, -0.1) is 11.3 Å². The minimum atomic E-state index is -2.84. The Balaban J connectivity index is 2.59. The third-order valence-corrected chi connectivity index (χ3v) is 3.62. The van der Waals surface area contributed by atoms with E-state index in [1.165, 1.54) is 11.3 Å². The van der Waals surface area contributed by atoms with Gasteiger partial charge in [0.1, 0.15) is 6.10 Å². The van der Waals surface area contributed by atoms with E-state index in [2.05, 4.69) is 12.2 Å². The average molecular weight is 277 g/mol. The van der Waals surface area contributed by atoms with Crippen LogP contribution in [0.2, 0.25) is 0 Å². The van der Waals surface area contributed by atoms with Crippen LogP contribution in [0, 0.1) is 6.92 Å². The molecule has 1 rings (SSSR count). The summed E-state index contributed by atoms with van der Waals surface area (Å²) < 4.78 is 24.1. The van der Waals surface area contributed by atoms with Crippen LogP contribution in [0.1, 0.15) is 33.5 Å². The third-order valence-electron chi connectivity index (χ3n) is 2.53. The second-order valence-electron chi connectivity index (χ2n) is 4.05. The molecule has 1 amide bonds. The Kier molecular flexibility index (Phi) is 5.68. The summed E-state index contributed by atoms with van der Waals surface area (Å²) in [4.78, 5) is 13.2. The summed E-state index contributed by atoms with van der Waals surface area (Å²) in [6.07, 6.45) is -2.77. The van der Waals surface area contributed by atoms with Gasteiger partial charge in [-0.1, -0.05) is 13.3 Å². The molecule has 0 radical (unpaired) electrons. The number of rotatable bonds is 6. The molecule has 0 aliphatic carbocycles. The van der Waals surface area contributed by atoms with Crippen LogP contribution in [0.15, 0.2) is 6.07 Å². The quantitative estimate of drug-likeness (QED) is 0.838. The van der Waals surface area contributed by atoms with E-state index in [4.69, 9.17) is 5.11 Å². The zero-order chi connectivity index (χ0) is 13.7. The molecule has 0 aromatic carbocycles. The highest BCUT2D eigenvalue weighted by molar-refractivity contribution is 7.14. The van der Waals surface area contributed by atoms with Crippen molar-refractivity contribution in [3.8, 4) is 0 Å². The molecule has 102 valence electrons. The molecule has 1 atom stereocenters. The minimum absolute atomic E-state index is 0.412. The van der Waals surface area contributed by atoms with E-state index in [1.807, 2.05) is 6.92 Å². The van der Waals surface area contributed by atoms with Gasteiger partial charge in [-0.3, -0.25) is 4.79 Å². The lowest BCUT2D eigenvalue weighted by Crippen LogP contribution is -2.35. The maximum absolute atomic E-state index is 12.1. The number of amides is 1. The number of hydrogen-bond acceptors (Lipinski definition) is 3. The molecule has 18 heavy (non-hydrogen) atoms. The van der Waals surface area contributed by atoms with Crippen molar-refractivity contribution >= 4 is 17.2 Å². The summed E-state index contributed by atoms with van der Waals surface area (Å²) in [6, 6.07) is 1.79. The number of hydrogen-bond donors (Lipinski definition) is 2. The molecule has 1 aromatic rings. The summed E-state index contributed by atoms with van der Waals surface area (Å²) in [7, 11) is 0. The van der Waals surface area contributed by atoms with Crippen molar-refractivity contribution in [2.24, 2.45) is 0 Å². The van der Waals surface area contributed by atoms with Gasteiger partial charge in [-0.25, -0.2) is 8.78 Å². The summed E-state index contributed by atoms with van der Waals surface area (Å²) in [5, 5.41) is 11.2. The fourth-order valence-corrected chi connectivity index (χ4v) is 2.51. The maximum Gasteiger partial charge on any atom is 0.265 e. The highest BCUT2D eigenvalue weighted by Crippen LogP contribution is 2.22. The lowest BCUT2D eigenvalue weighted by molar-refractivity contribution is -0.00268. The summed E-state index contributed by atoms with van der Waals surface area (Å²) in [5.74, 6) is -0.412. The standard InChI is InChI=1S/C12H17F2NO2S/c1-3-4-8-5-10(18-7(8)2)12(17)15-6-9(16)11(13)14/h5,9,11,16H,3-4,6H2,1-2H3,(H,15,17). The minimum Gasteiger partial charge on any atom is -0.385 e. The highest BCUT2D eigenvalue weighted by atomic mass is 32.1. The molecule has 1 aromatic heterocycles. The van der Waals surface area contributed by atoms with Crippen LogP contribution in [-0.4, -0.2) is 30.1 Å². The number of nitrogens with one attached hydrogen (secondary N) is 1. The lowest BCUT2D eigenvalue weighted by Gasteiger charge is -2.09. The number of alkyl halides is 2. The molecule has 0 saturated carbocycles. The van der Waals surface area contributed by atoms with Crippen LogP contribution in [-0.2, 0) is 6.42 Å². The smallest absolute Gasteiger partial charge is 0.265 e. The largest absolute Gasteiger partial charge is 0.385 e. The monoisotopic (exact) mass is 277 g/mol. The fraction of sp³-hybridized carbons (Fsp3) is 0.583. The highest BCUT2D eigenvalue weighted by Gasteiger charge is 2.19. The predicted molar refractivity (Wildman–Crippen MR) is 67.4 cm³/mol. The first-order chi connectivity index (χ1) is 8.45. The zero-order valence-electron chi connectivity index (χ0n) is 10.4. The van der Waals surface area contributed by atoms with Gasteiger partial charge in [0.25, 0.3) is 12.3 Å². The number of halogens is 2. The first-order valence-corrected chi connectivity index (χ1v) is 6.61. The molecule has 0 spiro atoms. The number of aryl methyl sites for hydroxylation is 2. The summed E-state index contributed by atoms with van der Waals surface area (Å²) >= 11 is 1.34. The van der Waals surface area contributed by atoms with Crippen LogP contribution in [0.25, 0.3) is 0 Å². The van der Waals surface area contributed by atoms with E-state index in [1.54, 1.807) is 6.07 Å². The van der Waals surface area contributed by atoms with Crippen LogP contribution >= 0.6 is 11.3 Å². The van der Waals surface area contributed by atoms with E-state index in [-0.39, 0.29) is 0 Å². The van der Waals surface area contributed by atoms with Gasteiger partial charge in [-0.05, 0) is 25.0 Å². The van der Waals surface area contributed by atoms with Crippen molar-refractivity contribution in [1.82, 2.24) is 5.32 Å². The van der Waals surface area contributed by atoms with E-state index in [0.29, 0.717) is 4.88 Å². The Morgan fingerprint density at radius 3 is 2.78 bits per heavy atom. The van der Waals surface area contributed by atoms with Crippen molar-refractivity contribution in [2.45, 2.75) is 39.2 Å². The second kappa shape index (κ2) is 6.80. The van der Waals surface area contributed by atoms with Crippen molar-refractivity contribution in [2.75, 3.05) is 6.54 Å². The number of carbonyl (C=O) groups excluding carboxylic acids is 1. The molecular weight excluding hydrogens is 260 g/mol. The van der Waals surface area contributed by atoms with Crippen LogP contribution in [0.3, 0.4) is 0 Å². The molecule has 0 bridgehead atoms. The van der Waals surface area contributed by atoms with Gasteiger partial charge in [0.15, 0.2) is 0 Å². The van der Waals surface area contributed by atoms with Crippen LogP contribution in [0.4, 0.5) is 8.78 Å². The van der Waals surface area contributed by atoms with E-state index >= 15 is 0 Å². The van der Waals surface area contributed by atoms with Gasteiger partial charge < -0.3 is 10.4 Å². The van der Waals surface area contributed by atoms with Crippen molar-refractivity contribution in [3.63, 3.8) is 0 Å². The Morgan fingerprint density at radius 2 is 2.22 bits per heavy atom. The van der Waals surface area contributed by atoms with Crippen LogP contribution < -0.4 is 5.32 Å². The number of thiophene rings is 1. The van der Waals surface area contributed by atoms with Crippen LogP contribution in [0.5, 0.6) is 0 Å². The first kappa shape index (κ1) is 15.0. The molecular formula is C12H17F2NO2S. The molecule has 0 saturated heterocycles. The van der Waals surface area contributed by atoms with Gasteiger partial charge in [-0.2, -0.15) is 0 Å². The molecule has 6 heteroatoms. The molecule has 1 unspecified atom stereocenters. The second-order valence-corrected chi connectivity index (χ2v) is 5.31. The molecule has 2 N–H and O–H groups in total.